The first-order valence-electron chi connectivity index (χ1n) is 7.23. The second-order valence-electron chi connectivity index (χ2n) is 5.32. The van der Waals surface area contributed by atoms with E-state index in [9.17, 15) is 9.59 Å². The fraction of sp³-hybridized carbons (Fsp3) is 0.571. The largest absolute Gasteiger partial charge is 0.465 e. The van der Waals surface area contributed by atoms with Crippen LogP contribution in [-0.2, 0) is 23.1 Å². The fourth-order valence-electron chi connectivity index (χ4n) is 2.14. The number of hydrogen-bond acceptors (Lipinski definition) is 6. The minimum absolute atomic E-state index is 0.108. The topological polar surface area (TPSA) is 93.1 Å². The molecule has 120 valence electrons. The van der Waals surface area contributed by atoms with Crippen molar-refractivity contribution in [1.82, 2.24) is 24.6 Å². The highest BCUT2D eigenvalue weighted by Crippen LogP contribution is 2.08. The van der Waals surface area contributed by atoms with E-state index in [1.807, 2.05) is 18.7 Å². The maximum Gasteiger partial charge on any atom is 0.320 e. The molecule has 0 saturated heterocycles. The number of aryl methyl sites for hydroxylation is 1. The maximum atomic E-state index is 12.0. The minimum atomic E-state index is -0.292. The van der Waals surface area contributed by atoms with Gasteiger partial charge >= 0.3 is 5.97 Å². The zero-order chi connectivity index (χ0) is 16.3. The lowest BCUT2D eigenvalue weighted by Crippen LogP contribution is -2.37. The number of hydrogen-bond donors (Lipinski definition) is 1. The van der Waals surface area contributed by atoms with Crippen molar-refractivity contribution >= 4 is 17.0 Å². The van der Waals surface area contributed by atoms with E-state index in [1.165, 1.54) is 6.20 Å². The number of ether oxygens (including phenoxy) is 1. The first kappa shape index (κ1) is 16.2. The SMILES string of the molecule is CCOC(=O)CN(Cc1nc2c(cnn2C)c(=O)[nH]1)C(C)C. The lowest BCUT2D eigenvalue weighted by molar-refractivity contribution is -0.145. The predicted molar refractivity (Wildman–Crippen MR) is 81.3 cm³/mol. The molecule has 0 saturated carbocycles. The Morgan fingerprint density at radius 1 is 1.50 bits per heavy atom. The highest BCUT2D eigenvalue weighted by molar-refractivity contribution is 5.73. The van der Waals surface area contributed by atoms with Crippen molar-refractivity contribution in [1.29, 1.82) is 0 Å². The van der Waals surface area contributed by atoms with Crippen molar-refractivity contribution in [3.63, 3.8) is 0 Å². The van der Waals surface area contributed by atoms with Gasteiger partial charge < -0.3 is 9.72 Å². The van der Waals surface area contributed by atoms with E-state index in [0.717, 1.165) is 0 Å². The van der Waals surface area contributed by atoms with Gasteiger partial charge in [0.15, 0.2) is 5.65 Å². The number of fused-ring (bicyclic) bond motifs is 1. The van der Waals surface area contributed by atoms with E-state index in [0.29, 0.717) is 30.0 Å². The average Bonchev–Trinajstić information content (AvgIpc) is 2.80. The summed E-state index contributed by atoms with van der Waals surface area (Å²) in [5.74, 6) is 0.208. The summed E-state index contributed by atoms with van der Waals surface area (Å²) in [5.41, 5.74) is 0.298. The van der Waals surface area contributed by atoms with Gasteiger partial charge in [0.2, 0.25) is 0 Å². The molecule has 0 unspecified atom stereocenters. The van der Waals surface area contributed by atoms with Crippen LogP contribution in [0.25, 0.3) is 11.0 Å². The molecule has 2 heterocycles. The van der Waals surface area contributed by atoms with Crippen molar-refractivity contribution in [3.8, 4) is 0 Å². The number of carbonyl (C=O) groups excluding carboxylic acids is 1. The number of carbonyl (C=O) groups is 1. The van der Waals surface area contributed by atoms with Gasteiger partial charge in [-0.2, -0.15) is 5.10 Å². The van der Waals surface area contributed by atoms with Crippen molar-refractivity contribution in [2.24, 2.45) is 7.05 Å². The van der Waals surface area contributed by atoms with E-state index in [2.05, 4.69) is 15.1 Å². The molecule has 2 rings (SSSR count). The Balaban J connectivity index is 2.24. The van der Waals surface area contributed by atoms with Gasteiger partial charge in [-0.3, -0.25) is 19.2 Å². The van der Waals surface area contributed by atoms with Gasteiger partial charge in [-0.05, 0) is 20.8 Å². The summed E-state index contributed by atoms with van der Waals surface area (Å²) in [6.07, 6.45) is 1.49. The molecule has 8 heteroatoms. The molecule has 2 aromatic rings. The van der Waals surface area contributed by atoms with Gasteiger partial charge in [-0.1, -0.05) is 0 Å². The number of H-pyrrole nitrogens is 1. The molecule has 0 aliphatic carbocycles. The standard InChI is InChI=1S/C14H21N5O3/c1-5-22-12(20)8-19(9(2)3)7-11-16-13-10(14(21)17-11)6-15-18(13)4/h6,9H,5,7-8H2,1-4H3,(H,16,17,21). The normalized spacial score (nSPS) is 11.5. The molecule has 0 bridgehead atoms. The lowest BCUT2D eigenvalue weighted by atomic mass is 10.3. The zero-order valence-corrected chi connectivity index (χ0v) is 13.3. The highest BCUT2D eigenvalue weighted by atomic mass is 16.5. The maximum absolute atomic E-state index is 12.0. The molecular formula is C14H21N5O3. The number of nitrogens with zero attached hydrogens (tertiary/aromatic N) is 4. The molecule has 0 aromatic carbocycles. The molecule has 2 aromatic heterocycles. The predicted octanol–water partition coefficient (Wildman–Crippen LogP) is 0.430. The Hall–Kier alpha value is -2.22. The molecule has 0 aliphatic heterocycles. The first-order valence-corrected chi connectivity index (χ1v) is 7.23. The number of aromatic amines is 1. The van der Waals surface area contributed by atoms with Crippen LogP contribution in [-0.4, -0.2) is 49.8 Å². The molecule has 0 amide bonds. The Kier molecular flexibility index (Phi) is 4.92. The van der Waals surface area contributed by atoms with Gasteiger partial charge in [-0.25, -0.2) is 4.98 Å². The minimum Gasteiger partial charge on any atom is -0.465 e. The number of rotatable bonds is 6. The third-order valence-corrected chi connectivity index (χ3v) is 3.37. The summed E-state index contributed by atoms with van der Waals surface area (Å²) in [5, 5.41) is 4.48. The van der Waals surface area contributed by atoms with Crippen LogP contribution < -0.4 is 5.56 Å². The Morgan fingerprint density at radius 3 is 2.86 bits per heavy atom. The molecule has 22 heavy (non-hydrogen) atoms. The van der Waals surface area contributed by atoms with E-state index < -0.39 is 0 Å². The third-order valence-electron chi connectivity index (χ3n) is 3.37. The quantitative estimate of drug-likeness (QED) is 0.778. The number of esters is 1. The molecule has 0 atom stereocenters. The van der Waals surface area contributed by atoms with Crippen LogP contribution in [0.2, 0.25) is 0 Å². The third kappa shape index (κ3) is 3.51. The van der Waals surface area contributed by atoms with Crippen molar-refractivity contribution < 1.29 is 9.53 Å². The van der Waals surface area contributed by atoms with E-state index in [-0.39, 0.29) is 24.1 Å². The van der Waals surface area contributed by atoms with Crippen LogP contribution in [0, 0.1) is 0 Å². The van der Waals surface area contributed by atoms with Crippen molar-refractivity contribution in [2.45, 2.75) is 33.4 Å². The van der Waals surface area contributed by atoms with Crippen LogP contribution in [0.1, 0.15) is 26.6 Å². The monoisotopic (exact) mass is 307 g/mol. The van der Waals surface area contributed by atoms with Gasteiger partial charge in [0, 0.05) is 13.1 Å². The molecule has 1 N–H and O–H groups in total. The van der Waals surface area contributed by atoms with Gasteiger partial charge in [0.1, 0.15) is 11.2 Å². The van der Waals surface area contributed by atoms with Crippen molar-refractivity contribution in [3.05, 3.63) is 22.4 Å². The number of aromatic nitrogens is 4. The van der Waals surface area contributed by atoms with Crippen LogP contribution in [0.5, 0.6) is 0 Å². The Bertz CT molecular complexity index is 719. The summed E-state index contributed by atoms with van der Waals surface area (Å²) in [6, 6.07) is 0.108. The fourth-order valence-corrected chi connectivity index (χ4v) is 2.14. The summed E-state index contributed by atoms with van der Waals surface area (Å²) in [6.45, 7) is 6.57. The summed E-state index contributed by atoms with van der Waals surface area (Å²) < 4.78 is 6.53. The first-order chi connectivity index (χ1) is 10.4. The lowest BCUT2D eigenvalue weighted by Gasteiger charge is -2.24. The molecule has 0 radical (unpaired) electrons. The van der Waals surface area contributed by atoms with E-state index in [4.69, 9.17) is 4.74 Å². The van der Waals surface area contributed by atoms with Crippen LogP contribution in [0.3, 0.4) is 0 Å². The van der Waals surface area contributed by atoms with Crippen LogP contribution in [0.15, 0.2) is 11.0 Å². The van der Waals surface area contributed by atoms with E-state index >= 15 is 0 Å². The van der Waals surface area contributed by atoms with Crippen molar-refractivity contribution in [2.75, 3.05) is 13.2 Å². The van der Waals surface area contributed by atoms with Gasteiger partial charge in [-0.15, -0.1) is 0 Å². The summed E-state index contributed by atoms with van der Waals surface area (Å²) in [7, 11) is 1.73. The molecule has 0 spiro atoms. The molecule has 0 aliphatic rings. The number of nitrogens with one attached hydrogen (secondary N) is 1. The Morgan fingerprint density at radius 2 is 2.23 bits per heavy atom. The zero-order valence-electron chi connectivity index (χ0n) is 13.3. The average molecular weight is 307 g/mol. The van der Waals surface area contributed by atoms with E-state index in [1.54, 1.807) is 18.7 Å². The summed E-state index contributed by atoms with van der Waals surface area (Å²) in [4.78, 5) is 32.7. The summed E-state index contributed by atoms with van der Waals surface area (Å²) >= 11 is 0. The second kappa shape index (κ2) is 6.69. The second-order valence-corrected chi connectivity index (χ2v) is 5.32. The molecule has 8 nitrogen and oxygen atoms in total. The molecule has 0 fully saturated rings. The van der Waals surface area contributed by atoms with Crippen LogP contribution >= 0.6 is 0 Å². The van der Waals surface area contributed by atoms with Crippen LogP contribution in [0.4, 0.5) is 0 Å². The molecular weight excluding hydrogens is 286 g/mol. The smallest absolute Gasteiger partial charge is 0.320 e. The van der Waals surface area contributed by atoms with Gasteiger partial charge in [0.25, 0.3) is 5.56 Å². The Labute approximate surface area is 128 Å². The van der Waals surface area contributed by atoms with Gasteiger partial charge in [0.05, 0.1) is 25.9 Å². The highest BCUT2D eigenvalue weighted by Gasteiger charge is 2.17.